The summed E-state index contributed by atoms with van der Waals surface area (Å²) in [4.78, 5) is 10.7. The molecular formula is C10H16N2O3. The van der Waals surface area contributed by atoms with Gasteiger partial charge in [-0.1, -0.05) is 0 Å². The lowest BCUT2D eigenvalue weighted by Crippen LogP contribution is -2.17. The number of nitrogens with two attached hydrogens (primary N) is 1. The Kier molecular flexibility index (Phi) is 4.33. The summed E-state index contributed by atoms with van der Waals surface area (Å²) in [6.07, 6.45) is 0.894. The van der Waals surface area contributed by atoms with E-state index >= 15 is 0 Å². The van der Waals surface area contributed by atoms with Crippen molar-refractivity contribution in [2.24, 2.45) is 5.73 Å². The van der Waals surface area contributed by atoms with E-state index in [1.54, 1.807) is 13.0 Å². The second-order valence-corrected chi connectivity index (χ2v) is 3.31. The first kappa shape index (κ1) is 11.7. The van der Waals surface area contributed by atoms with Crippen LogP contribution in [0, 0.1) is 6.92 Å². The minimum absolute atomic E-state index is 0.227. The van der Waals surface area contributed by atoms with Crippen molar-refractivity contribution in [1.29, 1.82) is 0 Å². The molecule has 0 aromatic carbocycles. The molecule has 1 aromatic heterocycles. The minimum atomic E-state index is -0.954. The summed E-state index contributed by atoms with van der Waals surface area (Å²) in [6.45, 7) is 3.63. The van der Waals surface area contributed by atoms with Gasteiger partial charge in [-0.15, -0.1) is 0 Å². The third kappa shape index (κ3) is 3.38. The van der Waals surface area contributed by atoms with Crippen LogP contribution in [0.5, 0.6) is 0 Å². The lowest BCUT2D eigenvalue weighted by Gasteiger charge is -1.99. The molecule has 0 radical (unpaired) electrons. The van der Waals surface area contributed by atoms with Crippen molar-refractivity contribution in [3.63, 3.8) is 0 Å². The smallest absolute Gasteiger partial charge is 0.339 e. The van der Waals surface area contributed by atoms with Gasteiger partial charge in [0.25, 0.3) is 0 Å². The normalized spacial score (nSPS) is 10.5. The summed E-state index contributed by atoms with van der Waals surface area (Å²) in [7, 11) is 0. The predicted molar refractivity (Wildman–Crippen MR) is 55.8 cm³/mol. The molecule has 0 atom stereocenters. The fourth-order valence-electron chi connectivity index (χ4n) is 1.28. The monoisotopic (exact) mass is 212 g/mol. The Bertz CT molecular complexity index is 333. The maximum Gasteiger partial charge on any atom is 0.339 e. The molecule has 1 rings (SSSR count). The van der Waals surface area contributed by atoms with Crippen molar-refractivity contribution in [2.45, 2.75) is 19.9 Å². The molecule has 0 amide bonds. The maximum atomic E-state index is 10.7. The van der Waals surface area contributed by atoms with Gasteiger partial charge in [0.15, 0.2) is 0 Å². The number of carboxylic acid groups (broad SMARTS) is 1. The van der Waals surface area contributed by atoms with Crippen molar-refractivity contribution in [3.8, 4) is 0 Å². The molecule has 0 spiro atoms. The lowest BCUT2D eigenvalue weighted by molar-refractivity contribution is 0.0695. The van der Waals surface area contributed by atoms with E-state index in [4.69, 9.17) is 15.3 Å². The Morgan fingerprint density at radius 2 is 2.40 bits per heavy atom. The predicted octanol–water partition coefficient (Wildman–Crippen LogP) is 0.725. The number of aromatic carboxylic acids is 1. The topological polar surface area (TPSA) is 88.5 Å². The van der Waals surface area contributed by atoms with Gasteiger partial charge in [-0.05, 0) is 32.5 Å². The number of nitrogens with one attached hydrogen (secondary N) is 1. The van der Waals surface area contributed by atoms with E-state index in [1.165, 1.54) is 0 Å². The number of hydrogen-bond acceptors (Lipinski definition) is 4. The highest BCUT2D eigenvalue weighted by Gasteiger charge is 2.12. The first-order valence-corrected chi connectivity index (χ1v) is 4.88. The number of rotatable bonds is 6. The minimum Gasteiger partial charge on any atom is -0.478 e. The average molecular weight is 212 g/mol. The van der Waals surface area contributed by atoms with Gasteiger partial charge in [-0.3, -0.25) is 0 Å². The summed E-state index contributed by atoms with van der Waals surface area (Å²) in [5.41, 5.74) is 5.56. The summed E-state index contributed by atoms with van der Waals surface area (Å²) < 4.78 is 5.28. The summed E-state index contributed by atoms with van der Waals surface area (Å²) in [6, 6.07) is 1.55. The van der Waals surface area contributed by atoms with Gasteiger partial charge in [-0.25, -0.2) is 4.79 Å². The fourth-order valence-corrected chi connectivity index (χ4v) is 1.28. The van der Waals surface area contributed by atoms with E-state index in [-0.39, 0.29) is 5.56 Å². The zero-order valence-electron chi connectivity index (χ0n) is 8.75. The molecule has 5 heteroatoms. The van der Waals surface area contributed by atoms with Gasteiger partial charge < -0.3 is 20.6 Å². The molecule has 84 valence electrons. The number of hydrogen-bond donors (Lipinski definition) is 3. The molecule has 1 heterocycles. The molecule has 0 fully saturated rings. The maximum absolute atomic E-state index is 10.7. The Balaban J connectivity index is 2.48. The van der Waals surface area contributed by atoms with Crippen molar-refractivity contribution in [1.82, 2.24) is 5.32 Å². The molecule has 0 bridgehead atoms. The van der Waals surface area contributed by atoms with Crippen LogP contribution in [0.15, 0.2) is 10.5 Å². The molecular weight excluding hydrogens is 196 g/mol. The first-order valence-electron chi connectivity index (χ1n) is 4.88. The zero-order valence-corrected chi connectivity index (χ0v) is 8.75. The Morgan fingerprint density at radius 3 is 2.93 bits per heavy atom. The van der Waals surface area contributed by atoms with Gasteiger partial charge in [-0.2, -0.15) is 0 Å². The van der Waals surface area contributed by atoms with Crippen LogP contribution in [-0.2, 0) is 6.54 Å². The van der Waals surface area contributed by atoms with E-state index in [2.05, 4.69) is 5.32 Å². The molecule has 15 heavy (non-hydrogen) atoms. The van der Waals surface area contributed by atoms with Crippen LogP contribution in [0.4, 0.5) is 0 Å². The molecule has 0 aliphatic carbocycles. The highest BCUT2D eigenvalue weighted by molar-refractivity contribution is 5.88. The zero-order chi connectivity index (χ0) is 11.3. The number of furan rings is 1. The van der Waals surface area contributed by atoms with E-state index in [0.717, 1.165) is 13.0 Å². The van der Waals surface area contributed by atoms with Crippen molar-refractivity contribution in [2.75, 3.05) is 13.1 Å². The van der Waals surface area contributed by atoms with Crippen LogP contribution in [0.2, 0.25) is 0 Å². The highest BCUT2D eigenvalue weighted by Crippen LogP contribution is 2.14. The molecule has 0 aliphatic rings. The van der Waals surface area contributed by atoms with E-state index in [9.17, 15) is 4.79 Å². The third-order valence-electron chi connectivity index (χ3n) is 2.06. The second-order valence-electron chi connectivity index (χ2n) is 3.31. The lowest BCUT2D eigenvalue weighted by atomic mass is 10.2. The Morgan fingerprint density at radius 1 is 1.67 bits per heavy atom. The van der Waals surface area contributed by atoms with Crippen molar-refractivity contribution < 1.29 is 14.3 Å². The van der Waals surface area contributed by atoms with Crippen LogP contribution >= 0.6 is 0 Å². The second kappa shape index (κ2) is 5.53. The fraction of sp³-hybridized carbons (Fsp3) is 0.500. The number of carboxylic acids is 1. The van der Waals surface area contributed by atoms with Crippen LogP contribution in [0.25, 0.3) is 0 Å². The number of aryl methyl sites for hydroxylation is 1. The van der Waals surface area contributed by atoms with E-state index in [0.29, 0.717) is 24.6 Å². The van der Waals surface area contributed by atoms with Gasteiger partial charge in [0.05, 0.1) is 6.54 Å². The SMILES string of the molecule is Cc1oc(CNCCCN)cc1C(=O)O. The van der Waals surface area contributed by atoms with Crippen LogP contribution in [0.1, 0.15) is 28.3 Å². The third-order valence-corrected chi connectivity index (χ3v) is 2.06. The highest BCUT2D eigenvalue weighted by atomic mass is 16.4. The Labute approximate surface area is 88.3 Å². The average Bonchev–Trinajstić information content (AvgIpc) is 2.55. The summed E-state index contributed by atoms with van der Waals surface area (Å²) >= 11 is 0. The molecule has 0 saturated carbocycles. The van der Waals surface area contributed by atoms with Crippen LogP contribution in [-0.4, -0.2) is 24.2 Å². The quantitative estimate of drug-likeness (QED) is 0.605. The van der Waals surface area contributed by atoms with Crippen LogP contribution < -0.4 is 11.1 Å². The number of carbonyl (C=O) groups is 1. The van der Waals surface area contributed by atoms with Gasteiger partial charge in [0.1, 0.15) is 17.1 Å². The Hall–Kier alpha value is -1.33. The van der Waals surface area contributed by atoms with Crippen molar-refractivity contribution >= 4 is 5.97 Å². The standard InChI is InChI=1S/C10H16N2O3/c1-7-9(10(13)14)5-8(15-7)6-12-4-2-3-11/h5,12H,2-4,6,11H2,1H3,(H,13,14). The van der Waals surface area contributed by atoms with Gasteiger partial charge in [0, 0.05) is 0 Å². The van der Waals surface area contributed by atoms with Crippen molar-refractivity contribution in [3.05, 3.63) is 23.2 Å². The molecule has 0 aliphatic heterocycles. The molecule has 0 unspecified atom stereocenters. The van der Waals surface area contributed by atoms with E-state index in [1.807, 2.05) is 0 Å². The molecule has 4 N–H and O–H groups in total. The molecule has 1 aromatic rings. The van der Waals surface area contributed by atoms with Gasteiger partial charge >= 0.3 is 5.97 Å². The van der Waals surface area contributed by atoms with Gasteiger partial charge in [0.2, 0.25) is 0 Å². The largest absolute Gasteiger partial charge is 0.478 e. The molecule has 0 saturated heterocycles. The van der Waals surface area contributed by atoms with Crippen LogP contribution in [0.3, 0.4) is 0 Å². The summed E-state index contributed by atoms with van der Waals surface area (Å²) in [5, 5.41) is 11.9. The molecule has 5 nitrogen and oxygen atoms in total. The first-order chi connectivity index (χ1) is 7.15. The summed E-state index contributed by atoms with van der Waals surface area (Å²) in [5.74, 6) is 0.129. The van der Waals surface area contributed by atoms with E-state index < -0.39 is 5.97 Å².